The first kappa shape index (κ1) is 16.2. The molecular formula is C14H20N6O2. The number of amidine groups is 1. The minimum Gasteiger partial charge on any atom is -0.386 e. The Bertz CT molecular complexity index is 624. The second-order valence-corrected chi connectivity index (χ2v) is 5.77. The predicted octanol–water partition coefficient (Wildman–Crippen LogP) is 0.281. The first-order chi connectivity index (χ1) is 10.3. The minimum absolute atomic E-state index is 0.00481. The van der Waals surface area contributed by atoms with E-state index in [1.165, 1.54) is 14.2 Å². The highest BCUT2D eigenvalue weighted by atomic mass is 16.7. The fourth-order valence-corrected chi connectivity index (χ4v) is 3.75. The largest absolute Gasteiger partial charge is 0.386 e. The van der Waals surface area contributed by atoms with Gasteiger partial charge in [0.25, 0.3) is 5.91 Å². The van der Waals surface area contributed by atoms with Gasteiger partial charge in [0.05, 0.1) is 17.9 Å². The number of fused-ring (bicyclic) bond motifs is 1. The number of nitriles is 2. The molecule has 2 N–H and O–H groups in total. The predicted molar refractivity (Wildman–Crippen MR) is 79.4 cm³/mol. The van der Waals surface area contributed by atoms with Crippen LogP contribution < -0.4 is 5.73 Å². The lowest BCUT2D eigenvalue weighted by molar-refractivity contribution is -0.263. The van der Waals surface area contributed by atoms with Crippen molar-refractivity contribution < 1.29 is 9.47 Å². The Hall–Kier alpha value is -2.16. The van der Waals surface area contributed by atoms with E-state index in [-0.39, 0.29) is 11.8 Å². The average molecular weight is 304 g/mol. The molecule has 1 saturated carbocycles. The topological polar surface area (TPSA) is 120 Å². The van der Waals surface area contributed by atoms with Crippen LogP contribution in [0, 0.1) is 39.4 Å². The van der Waals surface area contributed by atoms with E-state index < -0.39 is 16.7 Å². The van der Waals surface area contributed by atoms with Crippen molar-refractivity contribution in [3.05, 3.63) is 0 Å². The van der Waals surface area contributed by atoms with Crippen molar-refractivity contribution in [2.75, 3.05) is 28.3 Å². The number of hydrazone groups is 1. The van der Waals surface area contributed by atoms with Crippen LogP contribution in [0.5, 0.6) is 0 Å². The minimum atomic E-state index is -1.62. The molecule has 8 nitrogen and oxygen atoms in total. The highest BCUT2D eigenvalue weighted by Gasteiger charge is 2.80. The van der Waals surface area contributed by atoms with Crippen LogP contribution in [-0.2, 0) is 9.47 Å². The van der Waals surface area contributed by atoms with Gasteiger partial charge in [0, 0.05) is 28.3 Å². The van der Waals surface area contributed by atoms with Crippen molar-refractivity contribution >= 4 is 11.5 Å². The molecule has 118 valence electrons. The van der Waals surface area contributed by atoms with Crippen molar-refractivity contribution in [1.82, 2.24) is 5.01 Å². The van der Waals surface area contributed by atoms with Crippen LogP contribution >= 0.6 is 0 Å². The van der Waals surface area contributed by atoms with Gasteiger partial charge in [0.15, 0.2) is 10.8 Å². The summed E-state index contributed by atoms with van der Waals surface area (Å²) in [5, 5.41) is 25.9. The monoisotopic (exact) mass is 304 g/mol. The molecular weight excluding hydrogens is 284 g/mol. The molecule has 0 saturated heterocycles. The van der Waals surface area contributed by atoms with Gasteiger partial charge < -0.3 is 20.2 Å². The fourth-order valence-electron chi connectivity index (χ4n) is 3.75. The van der Waals surface area contributed by atoms with Gasteiger partial charge in [-0.1, -0.05) is 6.92 Å². The number of methoxy groups -OCH3 is 2. The Morgan fingerprint density at radius 2 is 1.91 bits per heavy atom. The fraction of sp³-hybridized carbons (Fsp3) is 0.714. The molecule has 2 aliphatic rings. The summed E-state index contributed by atoms with van der Waals surface area (Å²) in [5.41, 5.74) is 3.75. The quantitative estimate of drug-likeness (QED) is 0.590. The maximum Gasteiger partial charge on any atom is 0.292 e. The highest BCUT2D eigenvalue weighted by Crippen LogP contribution is 2.64. The number of aliphatic imine (C=N–C) groups is 1. The molecule has 0 amide bonds. The third-order valence-corrected chi connectivity index (χ3v) is 4.63. The molecule has 0 spiro atoms. The molecule has 1 aliphatic heterocycles. The first-order valence-corrected chi connectivity index (χ1v) is 6.85. The van der Waals surface area contributed by atoms with Crippen LogP contribution in [-0.4, -0.2) is 50.8 Å². The zero-order chi connectivity index (χ0) is 16.8. The normalized spacial score (nSPS) is 37.3. The molecule has 0 unspecified atom stereocenters. The number of nitrogens with zero attached hydrogens (tertiary/aromatic N) is 5. The van der Waals surface area contributed by atoms with E-state index in [4.69, 9.17) is 15.2 Å². The summed E-state index contributed by atoms with van der Waals surface area (Å²) < 4.78 is 10.9. The van der Waals surface area contributed by atoms with Crippen molar-refractivity contribution in [2.45, 2.75) is 19.3 Å². The summed E-state index contributed by atoms with van der Waals surface area (Å²) in [7, 11) is 6.27. The Morgan fingerprint density at radius 1 is 1.32 bits per heavy atom. The molecule has 2 rings (SSSR count). The van der Waals surface area contributed by atoms with Crippen LogP contribution in [0.2, 0.25) is 0 Å². The van der Waals surface area contributed by atoms with Gasteiger partial charge in [-0.3, -0.25) is 0 Å². The lowest BCUT2D eigenvalue weighted by Crippen LogP contribution is -2.57. The summed E-state index contributed by atoms with van der Waals surface area (Å²) in [6.45, 7) is 1.86. The molecule has 1 aliphatic carbocycles. The van der Waals surface area contributed by atoms with E-state index in [1.807, 2.05) is 6.92 Å². The SMILES string of the molecule is COC1(OC)N=C(N)[C@@]2(C#N)/C(=N\N(C)C)C[C@@H](C)[C@@]12C#N. The van der Waals surface area contributed by atoms with Crippen molar-refractivity contribution in [3.8, 4) is 12.1 Å². The van der Waals surface area contributed by atoms with Crippen LogP contribution in [0.25, 0.3) is 0 Å². The van der Waals surface area contributed by atoms with Gasteiger partial charge in [0.1, 0.15) is 5.84 Å². The van der Waals surface area contributed by atoms with Crippen LogP contribution in [0.1, 0.15) is 13.3 Å². The maximum atomic E-state index is 10.0. The van der Waals surface area contributed by atoms with Gasteiger partial charge in [0.2, 0.25) is 0 Å². The summed E-state index contributed by atoms with van der Waals surface area (Å²) in [5.74, 6) is -1.89. The van der Waals surface area contributed by atoms with Crippen molar-refractivity contribution in [1.29, 1.82) is 10.5 Å². The first-order valence-electron chi connectivity index (χ1n) is 6.85. The van der Waals surface area contributed by atoms with Crippen LogP contribution in [0.15, 0.2) is 10.1 Å². The Labute approximate surface area is 129 Å². The molecule has 0 radical (unpaired) electrons. The maximum absolute atomic E-state index is 10.0. The van der Waals surface area contributed by atoms with Crippen LogP contribution in [0.4, 0.5) is 0 Å². The second-order valence-electron chi connectivity index (χ2n) is 5.77. The molecule has 1 heterocycles. The summed E-state index contributed by atoms with van der Waals surface area (Å²) >= 11 is 0. The standard InChI is InChI=1S/C14H20N6O2/c1-9-6-10(19-20(2)3)12(7-15)11(17)18-14(21-4,22-5)13(9,12)8-16/h9H,6H2,1-5H3,(H2,17,18)/b19-10-/t9-,12-,13-/m1/s1. The van der Waals surface area contributed by atoms with E-state index in [2.05, 4.69) is 22.2 Å². The van der Waals surface area contributed by atoms with Crippen molar-refractivity contribution in [2.24, 2.45) is 32.6 Å². The summed E-state index contributed by atoms with van der Waals surface area (Å²) in [6.07, 6.45) is 0.435. The number of ether oxygens (including phenoxy) is 2. The molecule has 3 atom stereocenters. The molecule has 0 bridgehead atoms. The van der Waals surface area contributed by atoms with Crippen molar-refractivity contribution in [3.63, 3.8) is 0 Å². The zero-order valence-electron chi connectivity index (χ0n) is 13.4. The number of hydrogen-bond acceptors (Lipinski definition) is 8. The van der Waals surface area contributed by atoms with Gasteiger partial charge in [-0.2, -0.15) is 15.6 Å². The molecule has 22 heavy (non-hydrogen) atoms. The Balaban J connectivity index is 2.86. The Kier molecular flexibility index (Phi) is 3.64. The molecule has 0 aromatic heterocycles. The van der Waals surface area contributed by atoms with E-state index in [0.717, 1.165) is 0 Å². The van der Waals surface area contributed by atoms with Gasteiger partial charge in [-0.05, 0) is 12.3 Å². The van der Waals surface area contributed by atoms with E-state index >= 15 is 0 Å². The lowest BCUT2D eigenvalue weighted by Gasteiger charge is -2.41. The number of hydrogen-bond donors (Lipinski definition) is 1. The summed E-state index contributed by atoms with van der Waals surface area (Å²) in [6, 6.07) is 4.44. The van der Waals surface area contributed by atoms with Crippen LogP contribution in [0.3, 0.4) is 0 Å². The molecule has 0 aromatic rings. The molecule has 1 fully saturated rings. The summed E-state index contributed by atoms with van der Waals surface area (Å²) in [4.78, 5) is 4.24. The van der Waals surface area contributed by atoms with E-state index in [0.29, 0.717) is 12.1 Å². The third kappa shape index (κ3) is 1.46. The number of nitrogens with two attached hydrogens (primary N) is 1. The van der Waals surface area contributed by atoms with E-state index in [9.17, 15) is 10.5 Å². The van der Waals surface area contributed by atoms with E-state index in [1.54, 1.807) is 19.1 Å². The lowest BCUT2D eigenvalue weighted by atomic mass is 9.62. The van der Waals surface area contributed by atoms with Gasteiger partial charge in [-0.25, -0.2) is 4.99 Å². The molecule has 0 aromatic carbocycles. The van der Waals surface area contributed by atoms with Gasteiger partial charge in [-0.15, -0.1) is 0 Å². The van der Waals surface area contributed by atoms with Gasteiger partial charge >= 0.3 is 0 Å². The highest BCUT2D eigenvalue weighted by molar-refractivity contribution is 6.17. The smallest absolute Gasteiger partial charge is 0.292 e. The average Bonchev–Trinajstić information content (AvgIpc) is 2.86. The Morgan fingerprint density at radius 3 is 2.32 bits per heavy atom. The molecule has 8 heteroatoms. The second kappa shape index (κ2) is 4.94. The third-order valence-electron chi connectivity index (χ3n) is 4.63. The zero-order valence-corrected chi connectivity index (χ0v) is 13.4. The number of rotatable bonds is 3.